The molecule has 0 radical (unpaired) electrons. The third-order valence-corrected chi connectivity index (χ3v) is 5.70. The second-order valence-electron chi connectivity index (χ2n) is 5.53. The molecule has 0 saturated heterocycles. The lowest BCUT2D eigenvalue weighted by atomic mass is 10.1. The summed E-state index contributed by atoms with van der Waals surface area (Å²) in [5.41, 5.74) is 1.62. The van der Waals surface area contributed by atoms with Crippen LogP contribution in [0.25, 0.3) is 0 Å². The molecule has 0 saturated carbocycles. The van der Waals surface area contributed by atoms with Crippen molar-refractivity contribution in [3.05, 3.63) is 63.6 Å². The van der Waals surface area contributed by atoms with E-state index in [1.807, 2.05) is 6.92 Å². The number of sulfone groups is 1. The summed E-state index contributed by atoms with van der Waals surface area (Å²) < 4.78 is 24.6. The number of amides is 1. The van der Waals surface area contributed by atoms with Gasteiger partial charge in [-0.1, -0.05) is 47.0 Å². The molecule has 0 heterocycles. The maximum Gasteiger partial charge on any atom is 0.236 e. The summed E-state index contributed by atoms with van der Waals surface area (Å²) in [6.07, 6.45) is 0. The lowest BCUT2D eigenvalue weighted by Crippen LogP contribution is -2.32. The van der Waals surface area contributed by atoms with E-state index in [2.05, 4.69) is 5.32 Å². The van der Waals surface area contributed by atoms with Gasteiger partial charge in [-0.15, -0.1) is 0 Å². The van der Waals surface area contributed by atoms with Crippen molar-refractivity contribution in [2.45, 2.75) is 24.8 Å². The Hall–Kier alpha value is -1.56. The largest absolute Gasteiger partial charge is 0.349 e. The summed E-state index contributed by atoms with van der Waals surface area (Å²) in [5.74, 6) is -1.21. The van der Waals surface area contributed by atoms with Crippen LogP contribution < -0.4 is 5.32 Å². The predicted molar refractivity (Wildman–Crippen MR) is 96.3 cm³/mol. The number of halogens is 2. The van der Waals surface area contributed by atoms with E-state index in [1.54, 1.807) is 37.3 Å². The molecule has 2 rings (SSSR count). The van der Waals surface area contributed by atoms with Gasteiger partial charge in [0.25, 0.3) is 0 Å². The number of aryl methyl sites for hydroxylation is 1. The Morgan fingerprint density at radius 3 is 2.33 bits per heavy atom. The van der Waals surface area contributed by atoms with Crippen LogP contribution in [0.1, 0.15) is 24.1 Å². The molecule has 128 valence electrons. The van der Waals surface area contributed by atoms with Gasteiger partial charge in [-0.3, -0.25) is 4.79 Å². The van der Waals surface area contributed by atoms with E-state index in [-0.39, 0.29) is 4.90 Å². The van der Waals surface area contributed by atoms with Gasteiger partial charge in [-0.05, 0) is 43.7 Å². The number of nitrogens with one attached hydrogen (secondary N) is 1. The van der Waals surface area contributed by atoms with Gasteiger partial charge in [0.05, 0.1) is 10.9 Å². The van der Waals surface area contributed by atoms with E-state index >= 15 is 0 Å². The number of hydrogen-bond donors (Lipinski definition) is 1. The second kappa shape index (κ2) is 7.55. The number of carbonyl (C=O) groups excluding carboxylic acids is 1. The van der Waals surface area contributed by atoms with Crippen LogP contribution in [0.15, 0.2) is 47.4 Å². The van der Waals surface area contributed by atoms with E-state index in [9.17, 15) is 13.2 Å². The molecular formula is C17H17Cl2NO3S. The SMILES string of the molecule is Cc1ccc(S(=O)(=O)CC(=O)NC(C)c2ccc(Cl)cc2Cl)cc1. The molecule has 1 amide bonds. The van der Waals surface area contributed by atoms with E-state index in [0.29, 0.717) is 15.6 Å². The van der Waals surface area contributed by atoms with Crippen LogP contribution in [0.2, 0.25) is 10.0 Å². The number of carbonyl (C=O) groups is 1. The molecule has 0 aromatic heterocycles. The Morgan fingerprint density at radius 2 is 1.75 bits per heavy atom. The minimum atomic E-state index is -3.69. The highest BCUT2D eigenvalue weighted by Crippen LogP contribution is 2.26. The van der Waals surface area contributed by atoms with Crippen LogP contribution in [0.3, 0.4) is 0 Å². The fourth-order valence-electron chi connectivity index (χ4n) is 2.22. The summed E-state index contributed by atoms with van der Waals surface area (Å²) in [5, 5.41) is 3.55. The topological polar surface area (TPSA) is 63.2 Å². The van der Waals surface area contributed by atoms with Gasteiger partial charge < -0.3 is 5.32 Å². The molecular weight excluding hydrogens is 369 g/mol. The van der Waals surface area contributed by atoms with Gasteiger partial charge >= 0.3 is 0 Å². The highest BCUT2D eigenvalue weighted by atomic mass is 35.5. The zero-order valence-corrected chi connectivity index (χ0v) is 15.5. The van der Waals surface area contributed by atoms with Crippen molar-refractivity contribution in [3.8, 4) is 0 Å². The molecule has 0 aliphatic carbocycles. The van der Waals surface area contributed by atoms with Gasteiger partial charge in [0, 0.05) is 10.0 Å². The molecule has 2 aromatic rings. The standard InChI is InChI=1S/C17H17Cl2NO3S/c1-11-3-6-14(7-4-11)24(22,23)10-17(21)20-12(2)15-8-5-13(18)9-16(15)19/h3-9,12H,10H2,1-2H3,(H,20,21). The molecule has 4 nitrogen and oxygen atoms in total. The lowest BCUT2D eigenvalue weighted by molar-refractivity contribution is -0.119. The molecule has 1 atom stereocenters. The first-order valence-corrected chi connectivity index (χ1v) is 9.63. The van der Waals surface area contributed by atoms with Crippen LogP contribution in [0, 0.1) is 6.92 Å². The maximum absolute atomic E-state index is 12.3. The molecule has 0 fully saturated rings. The monoisotopic (exact) mass is 385 g/mol. The van der Waals surface area contributed by atoms with Crippen molar-refractivity contribution in [1.82, 2.24) is 5.32 Å². The summed E-state index contributed by atoms with van der Waals surface area (Å²) in [6.45, 7) is 3.59. The van der Waals surface area contributed by atoms with Crippen LogP contribution in [0.5, 0.6) is 0 Å². The Morgan fingerprint density at radius 1 is 1.12 bits per heavy atom. The normalized spacial score (nSPS) is 12.7. The summed E-state index contributed by atoms with van der Waals surface area (Å²) in [6, 6.07) is 10.9. The first-order valence-electron chi connectivity index (χ1n) is 7.23. The van der Waals surface area contributed by atoms with E-state index in [4.69, 9.17) is 23.2 Å². The zero-order chi connectivity index (χ0) is 17.9. The van der Waals surface area contributed by atoms with E-state index in [1.165, 1.54) is 12.1 Å². The van der Waals surface area contributed by atoms with Crippen molar-refractivity contribution in [3.63, 3.8) is 0 Å². The molecule has 7 heteroatoms. The van der Waals surface area contributed by atoms with Crippen LogP contribution in [-0.2, 0) is 14.6 Å². The van der Waals surface area contributed by atoms with E-state index in [0.717, 1.165) is 5.56 Å². The molecule has 1 unspecified atom stereocenters. The van der Waals surface area contributed by atoms with Crippen molar-refractivity contribution < 1.29 is 13.2 Å². The third-order valence-electron chi connectivity index (χ3n) is 3.51. The number of hydrogen-bond acceptors (Lipinski definition) is 3. The maximum atomic E-state index is 12.3. The summed E-state index contributed by atoms with van der Waals surface area (Å²) >= 11 is 11.9. The Kier molecular flexibility index (Phi) is 5.91. The fourth-order valence-corrected chi connectivity index (χ4v) is 3.93. The summed E-state index contributed by atoms with van der Waals surface area (Å²) in [7, 11) is -3.69. The van der Waals surface area contributed by atoms with Gasteiger partial charge in [0.15, 0.2) is 9.84 Å². The fraction of sp³-hybridized carbons (Fsp3) is 0.235. The summed E-state index contributed by atoms with van der Waals surface area (Å²) in [4.78, 5) is 12.2. The van der Waals surface area contributed by atoms with Crippen molar-refractivity contribution in [1.29, 1.82) is 0 Å². The molecule has 2 aromatic carbocycles. The molecule has 1 N–H and O–H groups in total. The molecule has 0 bridgehead atoms. The minimum Gasteiger partial charge on any atom is -0.349 e. The third kappa shape index (κ3) is 4.72. The molecule has 0 spiro atoms. The predicted octanol–water partition coefficient (Wildman–Crippen LogP) is 3.95. The zero-order valence-electron chi connectivity index (χ0n) is 13.2. The first kappa shape index (κ1) is 18.8. The van der Waals surface area contributed by atoms with Crippen LogP contribution >= 0.6 is 23.2 Å². The Balaban J connectivity index is 2.08. The highest BCUT2D eigenvalue weighted by molar-refractivity contribution is 7.92. The minimum absolute atomic E-state index is 0.125. The van der Waals surface area contributed by atoms with Gasteiger partial charge in [0.1, 0.15) is 5.75 Å². The Labute approximate surface area is 151 Å². The lowest BCUT2D eigenvalue weighted by Gasteiger charge is -2.16. The number of rotatable bonds is 5. The van der Waals surface area contributed by atoms with Crippen molar-refractivity contribution in [2.24, 2.45) is 0 Å². The smallest absolute Gasteiger partial charge is 0.236 e. The quantitative estimate of drug-likeness (QED) is 0.846. The van der Waals surface area contributed by atoms with E-state index < -0.39 is 27.5 Å². The van der Waals surface area contributed by atoms with Gasteiger partial charge in [-0.2, -0.15) is 0 Å². The van der Waals surface area contributed by atoms with Crippen molar-refractivity contribution >= 4 is 38.9 Å². The first-order chi connectivity index (χ1) is 11.2. The molecule has 24 heavy (non-hydrogen) atoms. The Bertz CT molecular complexity index is 849. The van der Waals surface area contributed by atoms with Gasteiger partial charge in [0.2, 0.25) is 5.91 Å². The number of benzene rings is 2. The van der Waals surface area contributed by atoms with Gasteiger partial charge in [-0.25, -0.2) is 8.42 Å². The average Bonchev–Trinajstić information content (AvgIpc) is 2.46. The van der Waals surface area contributed by atoms with Crippen LogP contribution in [0.4, 0.5) is 0 Å². The highest BCUT2D eigenvalue weighted by Gasteiger charge is 2.21. The van der Waals surface area contributed by atoms with Crippen molar-refractivity contribution in [2.75, 3.05) is 5.75 Å². The average molecular weight is 386 g/mol. The van der Waals surface area contributed by atoms with Crippen LogP contribution in [-0.4, -0.2) is 20.1 Å². The second-order valence-corrected chi connectivity index (χ2v) is 8.36. The molecule has 0 aliphatic rings. The molecule has 0 aliphatic heterocycles.